The molecule has 5 rings (SSSR count). The van der Waals surface area contributed by atoms with Crippen molar-refractivity contribution >= 4 is 33.2 Å². The van der Waals surface area contributed by atoms with Crippen molar-refractivity contribution < 1.29 is 9.59 Å². The topological polar surface area (TPSA) is 83.1 Å². The summed E-state index contributed by atoms with van der Waals surface area (Å²) in [6, 6.07) is 9.65. The zero-order valence-corrected chi connectivity index (χ0v) is 18.6. The predicted octanol–water partition coefficient (Wildman–Crippen LogP) is 4.16. The molecule has 3 aromatic rings. The van der Waals surface area contributed by atoms with Crippen molar-refractivity contribution in [3.05, 3.63) is 62.5 Å². The molecule has 7 heteroatoms. The number of fused-ring (bicyclic) bond motifs is 2. The van der Waals surface area contributed by atoms with Crippen molar-refractivity contribution in [1.82, 2.24) is 14.9 Å². The van der Waals surface area contributed by atoms with E-state index < -0.39 is 5.56 Å². The first-order chi connectivity index (χ1) is 14.8. The summed E-state index contributed by atoms with van der Waals surface area (Å²) in [7, 11) is 0. The second-order valence-corrected chi connectivity index (χ2v) is 10.5. The van der Waals surface area contributed by atoms with E-state index in [1.54, 1.807) is 16.2 Å². The number of ketones is 1. The highest BCUT2D eigenvalue weighted by Crippen LogP contribution is 2.35. The minimum Gasteiger partial charge on any atom is -0.338 e. The fraction of sp³-hybridized carbons (Fsp3) is 0.417. The van der Waals surface area contributed by atoms with Gasteiger partial charge in [-0.25, -0.2) is 4.98 Å². The van der Waals surface area contributed by atoms with E-state index in [2.05, 4.69) is 11.1 Å². The minimum atomic E-state index is -0.400. The highest BCUT2D eigenvalue weighted by molar-refractivity contribution is 7.18. The Morgan fingerprint density at radius 1 is 1.16 bits per heavy atom. The van der Waals surface area contributed by atoms with Gasteiger partial charge >= 0.3 is 0 Å². The van der Waals surface area contributed by atoms with Gasteiger partial charge in [0.25, 0.3) is 11.5 Å². The maximum absolute atomic E-state index is 13.1. The van der Waals surface area contributed by atoms with Gasteiger partial charge < -0.3 is 9.88 Å². The maximum Gasteiger partial charge on any atom is 0.261 e. The summed E-state index contributed by atoms with van der Waals surface area (Å²) in [5, 5.41) is 1.12. The lowest BCUT2D eigenvalue weighted by Gasteiger charge is -2.32. The Hall–Kier alpha value is -2.80. The average molecular weight is 436 g/mol. The van der Waals surface area contributed by atoms with Crippen LogP contribution in [-0.4, -0.2) is 39.6 Å². The summed E-state index contributed by atoms with van der Waals surface area (Å²) in [5.41, 5.74) is 1.66. The van der Waals surface area contributed by atoms with Crippen LogP contribution in [0.15, 0.2) is 35.1 Å². The van der Waals surface area contributed by atoms with Crippen LogP contribution in [0.1, 0.15) is 70.4 Å². The number of H-pyrrole nitrogens is 1. The molecule has 0 radical (unpaired) electrons. The van der Waals surface area contributed by atoms with Crippen LogP contribution in [0.3, 0.4) is 0 Å². The molecule has 6 nitrogen and oxygen atoms in total. The van der Waals surface area contributed by atoms with E-state index >= 15 is 0 Å². The van der Waals surface area contributed by atoms with Gasteiger partial charge in [-0.1, -0.05) is 26.0 Å². The zero-order valence-electron chi connectivity index (χ0n) is 17.7. The number of para-hydroxylation sites is 1. The van der Waals surface area contributed by atoms with Gasteiger partial charge in [0.05, 0.1) is 15.2 Å². The molecule has 0 atom stereocenters. The molecule has 31 heavy (non-hydrogen) atoms. The molecule has 0 unspecified atom stereocenters. The highest BCUT2D eigenvalue weighted by atomic mass is 32.1. The van der Waals surface area contributed by atoms with Crippen LogP contribution < -0.4 is 5.56 Å². The summed E-state index contributed by atoms with van der Waals surface area (Å²) < 4.78 is 1.18. The first-order valence-electron chi connectivity index (χ1n) is 10.7. The van der Waals surface area contributed by atoms with Crippen LogP contribution in [0.2, 0.25) is 0 Å². The number of Topliss-reactive ketones (excluding diaryl/α,β-unsaturated/α-hetero) is 1. The molecule has 0 spiro atoms. The first-order valence-corrected chi connectivity index (χ1v) is 11.6. The number of carbonyl (C=O) groups is 2. The van der Waals surface area contributed by atoms with Gasteiger partial charge in [-0.05, 0) is 42.9 Å². The number of nitrogens with zero attached hydrogens (tertiary/aromatic N) is 2. The van der Waals surface area contributed by atoms with Crippen LogP contribution in [-0.2, 0) is 6.42 Å². The first kappa shape index (κ1) is 20.1. The number of rotatable bonds is 2. The summed E-state index contributed by atoms with van der Waals surface area (Å²) in [4.78, 5) is 47.7. The van der Waals surface area contributed by atoms with E-state index in [0.717, 1.165) is 23.4 Å². The number of pyridine rings is 1. The minimum absolute atomic E-state index is 0.00825. The molecule has 2 aliphatic rings. The summed E-state index contributed by atoms with van der Waals surface area (Å²) in [6.07, 6.45) is 2.70. The smallest absolute Gasteiger partial charge is 0.261 e. The van der Waals surface area contributed by atoms with Crippen molar-refractivity contribution in [3.63, 3.8) is 0 Å². The fourth-order valence-corrected chi connectivity index (χ4v) is 5.89. The van der Waals surface area contributed by atoms with Gasteiger partial charge in [0.2, 0.25) is 0 Å². The Kier molecular flexibility index (Phi) is 4.81. The molecule has 1 aliphatic heterocycles. The lowest BCUT2D eigenvalue weighted by molar-refractivity contribution is 0.0711. The van der Waals surface area contributed by atoms with E-state index in [1.807, 2.05) is 32.0 Å². The molecule has 1 amide bonds. The monoisotopic (exact) mass is 435 g/mol. The van der Waals surface area contributed by atoms with Crippen molar-refractivity contribution in [1.29, 1.82) is 0 Å². The van der Waals surface area contributed by atoms with Gasteiger partial charge in [0, 0.05) is 36.7 Å². The molecule has 3 heterocycles. The largest absolute Gasteiger partial charge is 0.338 e. The summed E-state index contributed by atoms with van der Waals surface area (Å²) in [6.45, 7) is 5.19. The zero-order chi connectivity index (χ0) is 21.8. The Morgan fingerprint density at radius 3 is 2.65 bits per heavy atom. The third-order valence-electron chi connectivity index (χ3n) is 6.39. The van der Waals surface area contributed by atoms with Gasteiger partial charge in [-0.15, -0.1) is 11.3 Å². The Labute approximate surface area is 184 Å². The van der Waals surface area contributed by atoms with Crippen LogP contribution >= 0.6 is 11.3 Å². The van der Waals surface area contributed by atoms with Gasteiger partial charge in [-0.3, -0.25) is 14.4 Å². The molecular formula is C24H25N3O3S. The number of aromatic amines is 1. The van der Waals surface area contributed by atoms with Crippen molar-refractivity contribution in [2.24, 2.45) is 5.41 Å². The lowest BCUT2D eigenvalue weighted by Crippen LogP contribution is -2.41. The van der Waals surface area contributed by atoms with E-state index in [1.165, 1.54) is 10.8 Å². The van der Waals surface area contributed by atoms with Gasteiger partial charge in [0.15, 0.2) is 5.78 Å². The maximum atomic E-state index is 13.1. The quantitative estimate of drug-likeness (QED) is 0.655. The normalized spacial score (nSPS) is 18.9. The lowest BCUT2D eigenvalue weighted by atomic mass is 9.75. The van der Waals surface area contributed by atoms with Gasteiger partial charge in [-0.2, -0.15) is 0 Å². The third-order valence-corrected chi connectivity index (χ3v) is 7.59. The fourth-order valence-electron chi connectivity index (χ4n) is 4.75. The molecule has 1 saturated heterocycles. The number of carbonyl (C=O) groups excluding carboxylic acids is 2. The standard InChI is InChI=1S/C24H25N3O3S/c1-24(2)12-18-15(19(28)13-24)11-16(21(29)25-18)23(30)27-9-7-14(8-10-27)22-26-17-5-3-4-6-20(17)31-22/h3-6,11,14H,7-10,12-13H2,1-2H3,(H,25,29). The van der Waals surface area contributed by atoms with E-state index in [4.69, 9.17) is 4.98 Å². The molecule has 1 aliphatic carbocycles. The molecular weight excluding hydrogens is 410 g/mol. The Bertz CT molecular complexity index is 1220. The van der Waals surface area contributed by atoms with Crippen LogP contribution in [0, 0.1) is 5.41 Å². The average Bonchev–Trinajstić information content (AvgIpc) is 3.16. The number of aromatic nitrogens is 2. The number of likely N-dealkylation sites (tertiary alicyclic amines) is 1. The molecule has 0 saturated carbocycles. The van der Waals surface area contributed by atoms with Crippen molar-refractivity contribution in [3.8, 4) is 0 Å². The highest BCUT2D eigenvalue weighted by Gasteiger charge is 2.34. The number of nitrogens with one attached hydrogen (secondary N) is 1. The van der Waals surface area contributed by atoms with E-state index in [0.29, 0.717) is 43.1 Å². The third kappa shape index (κ3) is 3.71. The van der Waals surface area contributed by atoms with Crippen LogP contribution in [0.25, 0.3) is 10.2 Å². The Morgan fingerprint density at radius 2 is 1.90 bits per heavy atom. The predicted molar refractivity (Wildman–Crippen MR) is 121 cm³/mol. The molecule has 1 N–H and O–H groups in total. The van der Waals surface area contributed by atoms with Gasteiger partial charge in [0.1, 0.15) is 5.56 Å². The number of amides is 1. The number of benzene rings is 1. The Balaban J connectivity index is 1.33. The molecule has 0 bridgehead atoms. The molecule has 160 valence electrons. The van der Waals surface area contributed by atoms with Crippen LogP contribution in [0.4, 0.5) is 0 Å². The van der Waals surface area contributed by atoms with E-state index in [9.17, 15) is 14.4 Å². The second-order valence-electron chi connectivity index (χ2n) is 9.43. The molecule has 2 aromatic heterocycles. The SMILES string of the molecule is CC1(C)CC(=O)c2cc(C(=O)N3CCC(c4nc5ccccc5s4)CC3)c(=O)[nH]c2C1. The van der Waals surface area contributed by atoms with E-state index in [-0.39, 0.29) is 22.7 Å². The second kappa shape index (κ2) is 7.41. The summed E-state index contributed by atoms with van der Waals surface area (Å²) >= 11 is 1.72. The number of hydrogen-bond donors (Lipinski definition) is 1. The summed E-state index contributed by atoms with van der Waals surface area (Å²) in [5.74, 6) is 0.0302. The number of thiazole rings is 1. The molecule has 1 fully saturated rings. The van der Waals surface area contributed by atoms with Crippen molar-refractivity contribution in [2.45, 2.75) is 45.4 Å². The number of hydrogen-bond acceptors (Lipinski definition) is 5. The molecule has 1 aromatic carbocycles. The van der Waals surface area contributed by atoms with Crippen molar-refractivity contribution in [2.75, 3.05) is 13.1 Å². The van der Waals surface area contributed by atoms with Crippen LogP contribution in [0.5, 0.6) is 0 Å². The number of piperidine rings is 1.